The maximum atomic E-state index is 12.4. The molecule has 0 fully saturated rings. The molecule has 0 amide bonds. The lowest BCUT2D eigenvalue weighted by Crippen LogP contribution is -2.14. The van der Waals surface area contributed by atoms with Crippen molar-refractivity contribution in [3.8, 4) is 11.8 Å². The molecule has 0 spiro atoms. The Morgan fingerprint density at radius 1 is 1.12 bits per heavy atom. The fraction of sp³-hybridized carbons (Fsp3) is 0.167. The van der Waals surface area contributed by atoms with Gasteiger partial charge in [-0.15, -0.1) is 0 Å². The van der Waals surface area contributed by atoms with E-state index in [0.717, 1.165) is 5.69 Å². The second-order valence-electron chi connectivity index (χ2n) is 5.44. The van der Waals surface area contributed by atoms with Crippen LogP contribution in [0.5, 0.6) is 5.75 Å². The van der Waals surface area contributed by atoms with Crippen LogP contribution in [-0.2, 0) is 10.0 Å². The molecule has 6 nitrogen and oxygen atoms in total. The number of allylic oxidation sites excluding steroid dienone is 1. The summed E-state index contributed by atoms with van der Waals surface area (Å²) in [6, 6.07) is 15.4. The van der Waals surface area contributed by atoms with Crippen LogP contribution in [0.4, 0.5) is 11.4 Å². The molecule has 0 aromatic heterocycles. The van der Waals surface area contributed by atoms with Crippen LogP contribution in [0.1, 0.15) is 5.56 Å². The van der Waals surface area contributed by atoms with Gasteiger partial charge < -0.3 is 9.64 Å². The Balaban J connectivity index is 2.26. The highest BCUT2D eigenvalue weighted by Crippen LogP contribution is 2.20. The van der Waals surface area contributed by atoms with Crippen molar-refractivity contribution >= 4 is 27.5 Å². The topological polar surface area (TPSA) is 82.4 Å². The number of nitriles is 1. The van der Waals surface area contributed by atoms with E-state index in [2.05, 4.69) is 4.72 Å². The van der Waals surface area contributed by atoms with Gasteiger partial charge in [-0.1, -0.05) is 12.1 Å². The van der Waals surface area contributed by atoms with Gasteiger partial charge in [0.15, 0.2) is 4.91 Å². The van der Waals surface area contributed by atoms with Gasteiger partial charge in [0.1, 0.15) is 11.8 Å². The summed E-state index contributed by atoms with van der Waals surface area (Å²) in [4.78, 5) is 1.57. The summed E-state index contributed by atoms with van der Waals surface area (Å²) in [6.45, 7) is 0. The van der Waals surface area contributed by atoms with E-state index in [1.807, 2.05) is 31.1 Å². The normalized spacial score (nSPS) is 11.5. The monoisotopic (exact) mass is 357 g/mol. The molecule has 0 heterocycles. The Bertz CT molecular complexity index is 894. The molecule has 2 aromatic carbocycles. The van der Waals surface area contributed by atoms with Gasteiger partial charge in [0, 0.05) is 25.5 Å². The van der Waals surface area contributed by atoms with E-state index >= 15 is 0 Å². The lowest BCUT2D eigenvalue weighted by atomic mass is 10.2. The van der Waals surface area contributed by atoms with Crippen LogP contribution in [-0.4, -0.2) is 29.6 Å². The number of nitrogens with zero attached hydrogens (tertiary/aromatic N) is 2. The first-order chi connectivity index (χ1) is 11.9. The minimum absolute atomic E-state index is 0.352. The fourth-order valence-corrected chi connectivity index (χ4v) is 3.03. The van der Waals surface area contributed by atoms with Crippen molar-refractivity contribution in [3.63, 3.8) is 0 Å². The van der Waals surface area contributed by atoms with Crippen LogP contribution in [0.25, 0.3) is 6.08 Å². The first kappa shape index (κ1) is 18.4. The first-order valence-electron chi connectivity index (χ1n) is 7.42. The highest BCUT2D eigenvalue weighted by Gasteiger charge is 2.17. The number of methoxy groups -OCH3 is 1. The molecule has 0 aliphatic rings. The van der Waals surface area contributed by atoms with Crippen molar-refractivity contribution in [2.75, 3.05) is 30.8 Å². The average molecular weight is 357 g/mol. The zero-order valence-electron chi connectivity index (χ0n) is 14.2. The Hall–Kier alpha value is -2.98. The molecule has 0 saturated carbocycles. The lowest BCUT2D eigenvalue weighted by Gasteiger charge is -2.12. The largest absolute Gasteiger partial charge is 0.497 e. The standard InChI is InChI=1S/C18H19N3O3S/c1-21(2)16-8-4-14(5-9-16)12-18(13-19)25(22,23)20-15-6-10-17(24-3)11-7-15/h4-12,20H,1-3H3. The van der Waals surface area contributed by atoms with Crippen molar-refractivity contribution in [2.45, 2.75) is 0 Å². The van der Waals surface area contributed by atoms with Crippen molar-refractivity contribution < 1.29 is 13.2 Å². The smallest absolute Gasteiger partial charge is 0.272 e. The molecule has 0 bridgehead atoms. The molecule has 0 radical (unpaired) electrons. The molecule has 0 aliphatic heterocycles. The van der Waals surface area contributed by atoms with Gasteiger partial charge in [-0.25, -0.2) is 8.42 Å². The van der Waals surface area contributed by atoms with E-state index in [1.165, 1.54) is 13.2 Å². The molecular formula is C18H19N3O3S. The first-order valence-corrected chi connectivity index (χ1v) is 8.90. The van der Waals surface area contributed by atoms with Crippen LogP contribution in [0.15, 0.2) is 53.4 Å². The molecular weight excluding hydrogens is 338 g/mol. The van der Waals surface area contributed by atoms with Gasteiger partial charge in [-0.3, -0.25) is 4.72 Å². The van der Waals surface area contributed by atoms with Gasteiger partial charge in [0.2, 0.25) is 0 Å². The van der Waals surface area contributed by atoms with Crippen molar-refractivity contribution in [1.29, 1.82) is 5.26 Å². The van der Waals surface area contributed by atoms with E-state index in [0.29, 0.717) is 17.0 Å². The van der Waals surface area contributed by atoms with Gasteiger partial charge >= 0.3 is 0 Å². The molecule has 2 aromatic rings. The zero-order chi connectivity index (χ0) is 18.4. The Morgan fingerprint density at radius 2 is 1.72 bits per heavy atom. The van der Waals surface area contributed by atoms with Crippen molar-refractivity contribution in [3.05, 3.63) is 59.0 Å². The fourth-order valence-electron chi connectivity index (χ4n) is 2.06. The van der Waals surface area contributed by atoms with Crippen LogP contribution in [0.3, 0.4) is 0 Å². The van der Waals surface area contributed by atoms with Crippen LogP contribution < -0.4 is 14.4 Å². The Morgan fingerprint density at radius 3 is 2.20 bits per heavy atom. The summed E-state index contributed by atoms with van der Waals surface area (Å²) in [5, 5.41) is 9.26. The predicted molar refractivity (Wildman–Crippen MR) is 99.9 cm³/mol. The molecule has 7 heteroatoms. The van der Waals surface area contributed by atoms with E-state index in [1.54, 1.807) is 42.5 Å². The molecule has 1 N–H and O–H groups in total. The number of ether oxygens (including phenoxy) is 1. The van der Waals surface area contributed by atoms with Gasteiger partial charge in [0.25, 0.3) is 10.0 Å². The number of benzene rings is 2. The second-order valence-corrected chi connectivity index (χ2v) is 7.09. The summed E-state index contributed by atoms with van der Waals surface area (Å²) in [5.41, 5.74) is 1.96. The molecule has 25 heavy (non-hydrogen) atoms. The number of anilines is 2. The SMILES string of the molecule is COc1ccc(NS(=O)(=O)C(C#N)=Cc2ccc(N(C)C)cc2)cc1. The summed E-state index contributed by atoms with van der Waals surface area (Å²) in [5.74, 6) is 0.611. The van der Waals surface area contributed by atoms with E-state index in [9.17, 15) is 13.7 Å². The van der Waals surface area contributed by atoms with Crippen molar-refractivity contribution in [1.82, 2.24) is 0 Å². The van der Waals surface area contributed by atoms with Gasteiger partial charge in [0.05, 0.1) is 7.11 Å². The third-order valence-electron chi connectivity index (χ3n) is 3.45. The third-order valence-corrected chi connectivity index (χ3v) is 4.74. The van der Waals surface area contributed by atoms with E-state index in [4.69, 9.17) is 4.74 Å². The number of rotatable bonds is 6. The van der Waals surface area contributed by atoms with Crippen LogP contribution in [0, 0.1) is 11.3 Å². The molecule has 130 valence electrons. The minimum atomic E-state index is -3.97. The van der Waals surface area contributed by atoms with Gasteiger partial charge in [-0.2, -0.15) is 5.26 Å². The number of hydrogen-bond acceptors (Lipinski definition) is 5. The van der Waals surface area contributed by atoms with E-state index < -0.39 is 10.0 Å². The lowest BCUT2D eigenvalue weighted by molar-refractivity contribution is 0.415. The molecule has 0 unspecified atom stereocenters. The molecule has 0 saturated heterocycles. The third kappa shape index (κ3) is 4.75. The zero-order valence-corrected chi connectivity index (χ0v) is 15.0. The molecule has 0 aliphatic carbocycles. The highest BCUT2D eigenvalue weighted by molar-refractivity contribution is 7.96. The van der Waals surface area contributed by atoms with Crippen LogP contribution in [0.2, 0.25) is 0 Å². The maximum Gasteiger partial charge on any atom is 0.272 e. The summed E-state index contributed by atoms with van der Waals surface area (Å²) < 4.78 is 32.3. The minimum Gasteiger partial charge on any atom is -0.497 e. The predicted octanol–water partition coefficient (Wildman–Crippen LogP) is 3.07. The van der Waals surface area contributed by atoms with E-state index in [-0.39, 0.29) is 4.91 Å². The number of nitrogens with one attached hydrogen (secondary N) is 1. The molecule has 2 rings (SSSR count). The quantitative estimate of drug-likeness (QED) is 0.804. The Kier molecular flexibility index (Phi) is 5.67. The summed E-state index contributed by atoms with van der Waals surface area (Å²) in [7, 11) is 1.38. The average Bonchev–Trinajstić information content (AvgIpc) is 2.60. The highest BCUT2D eigenvalue weighted by atomic mass is 32.2. The summed E-state index contributed by atoms with van der Waals surface area (Å²) in [6.07, 6.45) is 1.34. The van der Waals surface area contributed by atoms with Crippen LogP contribution >= 0.6 is 0 Å². The number of hydrogen-bond donors (Lipinski definition) is 1. The Labute approximate surface area is 148 Å². The van der Waals surface area contributed by atoms with Crippen molar-refractivity contribution in [2.24, 2.45) is 0 Å². The molecule has 0 atom stereocenters. The summed E-state index contributed by atoms with van der Waals surface area (Å²) >= 11 is 0. The number of sulfonamides is 1. The second kappa shape index (κ2) is 7.73. The maximum absolute atomic E-state index is 12.4. The van der Waals surface area contributed by atoms with Gasteiger partial charge in [-0.05, 0) is 48.0 Å².